The number of nitrogens with zero attached hydrogens (tertiary/aromatic N) is 2. The lowest BCUT2D eigenvalue weighted by Crippen LogP contribution is -2.29. The summed E-state index contributed by atoms with van der Waals surface area (Å²) in [5, 5.41) is 1.08. The van der Waals surface area contributed by atoms with Crippen LogP contribution in [0, 0.1) is 18.8 Å². The van der Waals surface area contributed by atoms with Crippen LogP contribution < -0.4 is 0 Å². The van der Waals surface area contributed by atoms with Crippen LogP contribution in [0.15, 0.2) is 5.51 Å². The van der Waals surface area contributed by atoms with Crippen molar-refractivity contribution in [3.8, 4) is 0 Å². The summed E-state index contributed by atoms with van der Waals surface area (Å²) in [6.07, 6.45) is 0. The highest BCUT2D eigenvalue weighted by molar-refractivity contribution is 9.09. The van der Waals surface area contributed by atoms with Crippen LogP contribution in [0.2, 0.25) is 0 Å². The van der Waals surface area contributed by atoms with Gasteiger partial charge < -0.3 is 4.90 Å². The van der Waals surface area contributed by atoms with Crippen LogP contribution >= 0.6 is 27.3 Å². The Morgan fingerprint density at radius 3 is 2.62 bits per heavy atom. The molecule has 0 saturated heterocycles. The maximum atomic E-state index is 4.29. The van der Waals surface area contributed by atoms with Gasteiger partial charge in [-0.15, -0.1) is 11.3 Å². The monoisotopic (exact) mass is 304 g/mol. The van der Waals surface area contributed by atoms with Crippen molar-refractivity contribution in [2.75, 3.05) is 18.9 Å². The van der Waals surface area contributed by atoms with Gasteiger partial charge in [0, 0.05) is 23.3 Å². The number of halogens is 1. The summed E-state index contributed by atoms with van der Waals surface area (Å²) in [7, 11) is 2.19. The molecule has 1 rings (SSSR count). The Morgan fingerprint density at radius 1 is 1.50 bits per heavy atom. The third-order valence-corrected chi connectivity index (χ3v) is 4.70. The predicted molar refractivity (Wildman–Crippen MR) is 75.3 cm³/mol. The second kappa shape index (κ2) is 6.72. The van der Waals surface area contributed by atoms with E-state index in [0.717, 1.165) is 30.3 Å². The maximum Gasteiger partial charge on any atom is 0.0798 e. The highest BCUT2D eigenvalue weighted by atomic mass is 79.9. The fourth-order valence-corrected chi connectivity index (χ4v) is 3.43. The van der Waals surface area contributed by atoms with Crippen LogP contribution in [0.25, 0.3) is 0 Å². The van der Waals surface area contributed by atoms with Gasteiger partial charge in [0.1, 0.15) is 0 Å². The van der Waals surface area contributed by atoms with Gasteiger partial charge in [-0.3, -0.25) is 0 Å². The van der Waals surface area contributed by atoms with E-state index in [1.807, 2.05) is 5.51 Å². The molecule has 0 spiro atoms. The number of thiazole rings is 1. The lowest BCUT2D eigenvalue weighted by Gasteiger charge is -2.25. The minimum Gasteiger partial charge on any atom is -0.301 e. The molecule has 1 heterocycles. The number of hydrogen-bond acceptors (Lipinski definition) is 3. The molecule has 92 valence electrons. The van der Waals surface area contributed by atoms with E-state index in [-0.39, 0.29) is 0 Å². The number of rotatable bonds is 6. The summed E-state index contributed by atoms with van der Waals surface area (Å²) < 4.78 is 0. The molecule has 1 unspecified atom stereocenters. The molecule has 1 atom stereocenters. The zero-order valence-electron chi connectivity index (χ0n) is 10.5. The van der Waals surface area contributed by atoms with Crippen molar-refractivity contribution >= 4 is 27.3 Å². The van der Waals surface area contributed by atoms with Gasteiger partial charge in [0.2, 0.25) is 0 Å². The molecule has 0 aliphatic heterocycles. The van der Waals surface area contributed by atoms with Gasteiger partial charge >= 0.3 is 0 Å². The van der Waals surface area contributed by atoms with Crippen molar-refractivity contribution in [2.24, 2.45) is 11.8 Å². The van der Waals surface area contributed by atoms with Gasteiger partial charge in [-0.05, 0) is 25.8 Å². The van der Waals surface area contributed by atoms with Crippen LogP contribution in [0.1, 0.15) is 24.4 Å². The highest BCUT2D eigenvalue weighted by Gasteiger charge is 2.15. The largest absolute Gasteiger partial charge is 0.301 e. The third-order valence-electron chi connectivity index (χ3n) is 2.95. The van der Waals surface area contributed by atoms with Crippen LogP contribution in [0.4, 0.5) is 0 Å². The van der Waals surface area contributed by atoms with Gasteiger partial charge in [0.15, 0.2) is 0 Å². The van der Waals surface area contributed by atoms with Crippen LogP contribution in [0.3, 0.4) is 0 Å². The van der Waals surface area contributed by atoms with E-state index in [1.54, 1.807) is 11.3 Å². The summed E-state index contributed by atoms with van der Waals surface area (Å²) in [5.41, 5.74) is 3.11. The molecule has 0 radical (unpaired) electrons. The summed E-state index contributed by atoms with van der Waals surface area (Å²) in [4.78, 5) is 8.07. The molecular weight excluding hydrogens is 284 g/mol. The minimum absolute atomic E-state index is 0.721. The van der Waals surface area contributed by atoms with Crippen LogP contribution in [-0.4, -0.2) is 28.8 Å². The van der Waals surface area contributed by atoms with Crippen molar-refractivity contribution in [2.45, 2.75) is 27.3 Å². The first-order chi connectivity index (χ1) is 7.54. The van der Waals surface area contributed by atoms with Crippen molar-refractivity contribution < 1.29 is 0 Å². The van der Waals surface area contributed by atoms with Gasteiger partial charge in [0.25, 0.3) is 0 Å². The maximum absolute atomic E-state index is 4.29. The van der Waals surface area contributed by atoms with E-state index in [9.17, 15) is 0 Å². The Kier molecular flexibility index (Phi) is 5.94. The third kappa shape index (κ3) is 4.15. The molecule has 0 amide bonds. The zero-order valence-corrected chi connectivity index (χ0v) is 12.9. The average molecular weight is 305 g/mol. The number of alkyl halides is 1. The first kappa shape index (κ1) is 14.1. The number of aromatic nitrogens is 1. The number of aryl methyl sites for hydroxylation is 1. The topological polar surface area (TPSA) is 16.1 Å². The van der Waals surface area contributed by atoms with Crippen molar-refractivity contribution in [3.63, 3.8) is 0 Å². The molecule has 0 fully saturated rings. The van der Waals surface area contributed by atoms with Crippen molar-refractivity contribution in [3.05, 3.63) is 16.1 Å². The molecule has 16 heavy (non-hydrogen) atoms. The van der Waals surface area contributed by atoms with E-state index in [4.69, 9.17) is 0 Å². The molecule has 0 N–H and O–H groups in total. The standard InChI is InChI=1S/C12H21BrN2S/c1-9(2)11(5-13)6-15(4)7-12-10(3)14-8-16-12/h8-9,11H,5-7H2,1-4H3. The second-order valence-corrected chi connectivity index (χ2v) is 6.30. The Labute approximate surface area is 111 Å². The fraction of sp³-hybridized carbons (Fsp3) is 0.750. The summed E-state index contributed by atoms with van der Waals surface area (Å²) >= 11 is 5.36. The molecule has 1 aromatic rings. The van der Waals surface area contributed by atoms with E-state index in [1.165, 1.54) is 10.6 Å². The van der Waals surface area contributed by atoms with E-state index in [2.05, 4.69) is 53.6 Å². The Hall–Kier alpha value is 0.0700. The second-order valence-electron chi connectivity index (χ2n) is 4.72. The first-order valence-electron chi connectivity index (χ1n) is 5.68. The molecule has 0 saturated carbocycles. The molecule has 4 heteroatoms. The molecule has 1 aromatic heterocycles. The van der Waals surface area contributed by atoms with Gasteiger partial charge in [-0.25, -0.2) is 4.98 Å². The molecule has 0 aliphatic carbocycles. The highest BCUT2D eigenvalue weighted by Crippen LogP contribution is 2.18. The van der Waals surface area contributed by atoms with E-state index in [0.29, 0.717) is 0 Å². The molecule has 2 nitrogen and oxygen atoms in total. The quantitative estimate of drug-likeness (QED) is 0.747. The minimum atomic E-state index is 0.721. The lowest BCUT2D eigenvalue weighted by atomic mass is 9.98. The average Bonchev–Trinajstić information content (AvgIpc) is 2.60. The molecular formula is C12H21BrN2S. The lowest BCUT2D eigenvalue weighted by molar-refractivity contribution is 0.248. The van der Waals surface area contributed by atoms with Crippen LogP contribution in [0.5, 0.6) is 0 Å². The SMILES string of the molecule is Cc1ncsc1CN(C)CC(CBr)C(C)C. The van der Waals surface area contributed by atoms with Crippen molar-refractivity contribution in [1.82, 2.24) is 9.88 Å². The summed E-state index contributed by atoms with van der Waals surface area (Å²) in [6, 6.07) is 0. The molecule has 0 aliphatic rings. The van der Waals surface area contributed by atoms with Gasteiger partial charge in [0.05, 0.1) is 11.2 Å². The van der Waals surface area contributed by atoms with Crippen LogP contribution in [-0.2, 0) is 6.54 Å². The summed E-state index contributed by atoms with van der Waals surface area (Å²) in [6.45, 7) is 8.83. The number of hydrogen-bond donors (Lipinski definition) is 0. The first-order valence-corrected chi connectivity index (χ1v) is 7.68. The molecule has 0 bridgehead atoms. The Morgan fingerprint density at radius 2 is 2.19 bits per heavy atom. The predicted octanol–water partition coefficient (Wildman–Crippen LogP) is 3.55. The van der Waals surface area contributed by atoms with E-state index >= 15 is 0 Å². The van der Waals surface area contributed by atoms with Gasteiger partial charge in [-0.2, -0.15) is 0 Å². The summed E-state index contributed by atoms with van der Waals surface area (Å²) in [5.74, 6) is 1.45. The fourth-order valence-electron chi connectivity index (χ4n) is 1.63. The zero-order chi connectivity index (χ0) is 12.1. The molecule has 0 aromatic carbocycles. The van der Waals surface area contributed by atoms with Crippen molar-refractivity contribution in [1.29, 1.82) is 0 Å². The van der Waals surface area contributed by atoms with E-state index < -0.39 is 0 Å². The normalized spacial score (nSPS) is 13.7. The van der Waals surface area contributed by atoms with Gasteiger partial charge in [-0.1, -0.05) is 29.8 Å². The smallest absolute Gasteiger partial charge is 0.0798 e. The Bertz CT molecular complexity index is 312. The Balaban J connectivity index is 2.47.